The van der Waals surface area contributed by atoms with Crippen molar-refractivity contribution in [3.63, 3.8) is 0 Å². The van der Waals surface area contributed by atoms with Gasteiger partial charge in [0.15, 0.2) is 6.54 Å². The van der Waals surface area contributed by atoms with Crippen molar-refractivity contribution < 1.29 is 14.5 Å². The number of amides is 2. The third kappa shape index (κ3) is 4.61. The predicted molar refractivity (Wildman–Crippen MR) is 80.6 cm³/mol. The number of quaternary nitrogens is 1. The highest BCUT2D eigenvalue weighted by Gasteiger charge is 2.19. The Balaban J connectivity index is 1.72. The Morgan fingerprint density at radius 1 is 1.15 bits per heavy atom. The molecule has 0 aliphatic carbocycles. The Hall–Kier alpha value is -1.40. The highest BCUT2D eigenvalue weighted by molar-refractivity contribution is 9.10. The lowest BCUT2D eigenvalue weighted by molar-refractivity contribution is -0.879. The van der Waals surface area contributed by atoms with Gasteiger partial charge in [-0.2, -0.15) is 0 Å². The number of rotatable bonds is 5. The molecule has 1 aliphatic heterocycles. The maximum absolute atomic E-state index is 11.8. The van der Waals surface area contributed by atoms with Gasteiger partial charge in [0.2, 0.25) is 5.91 Å². The van der Waals surface area contributed by atoms with Crippen molar-refractivity contribution in [1.29, 1.82) is 0 Å². The van der Waals surface area contributed by atoms with Crippen molar-refractivity contribution in [1.82, 2.24) is 5.32 Å². The van der Waals surface area contributed by atoms with Gasteiger partial charge in [-0.25, -0.2) is 0 Å². The Morgan fingerprint density at radius 2 is 1.85 bits per heavy atom. The van der Waals surface area contributed by atoms with Crippen LogP contribution in [0.15, 0.2) is 28.7 Å². The average Bonchev–Trinajstić information content (AvgIpc) is 2.92. The van der Waals surface area contributed by atoms with E-state index in [1.165, 1.54) is 17.7 Å². The zero-order valence-corrected chi connectivity index (χ0v) is 12.8. The molecule has 6 heteroatoms. The van der Waals surface area contributed by atoms with Gasteiger partial charge in [-0.3, -0.25) is 9.59 Å². The standard InChI is InChI=1S/C14H18BrN3O2/c15-11-5-1-2-6-12(11)17-13(19)9-16-14(20)10-18-7-3-4-8-18/h1-2,5-6H,3-4,7-10H2,(H,16,20)(H,17,19)/p+1. The van der Waals surface area contributed by atoms with E-state index in [0.29, 0.717) is 12.2 Å². The summed E-state index contributed by atoms with van der Waals surface area (Å²) in [7, 11) is 0. The van der Waals surface area contributed by atoms with E-state index in [1.807, 2.05) is 18.2 Å². The largest absolute Gasteiger partial charge is 0.342 e. The second-order valence-electron chi connectivity index (χ2n) is 4.94. The molecule has 0 saturated carbocycles. The number of benzene rings is 1. The molecule has 0 radical (unpaired) electrons. The van der Waals surface area contributed by atoms with Crippen LogP contribution in [0.2, 0.25) is 0 Å². The fraction of sp³-hybridized carbons (Fsp3) is 0.429. The molecule has 2 amide bonds. The summed E-state index contributed by atoms with van der Waals surface area (Å²) in [4.78, 5) is 24.8. The third-order valence-corrected chi connectivity index (χ3v) is 4.01. The third-order valence-electron chi connectivity index (χ3n) is 3.32. The van der Waals surface area contributed by atoms with E-state index in [2.05, 4.69) is 26.6 Å². The summed E-state index contributed by atoms with van der Waals surface area (Å²) in [5.74, 6) is -0.286. The summed E-state index contributed by atoms with van der Waals surface area (Å²) in [6.45, 7) is 2.57. The van der Waals surface area contributed by atoms with Crippen LogP contribution in [0.1, 0.15) is 12.8 Å². The molecule has 0 atom stereocenters. The number of carbonyl (C=O) groups is 2. The molecule has 5 nitrogen and oxygen atoms in total. The van der Waals surface area contributed by atoms with Gasteiger partial charge < -0.3 is 15.5 Å². The second kappa shape index (κ2) is 7.40. The summed E-state index contributed by atoms with van der Waals surface area (Å²) in [5.41, 5.74) is 0.705. The first kappa shape index (κ1) is 15.0. The minimum Gasteiger partial charge on any atom is -0.342 e. The van der Waals surface area contributed by atoms with Gasteiger partial charge in [-0.15, -0.1) is 0 Å². The van der Waals surface area contributed by atoms with E-state index in [0.717, 1.165) is 17.6 Å². The first-order valence-electron chi connectivity index (χ1n) is 6.80. The fourth-order valence-corrected chi connectivity index (χ4v) is 2.66. The minimum atomic E-state index is -0.221. The summed E-state index contributed by atoms with van der Waals surface area (Å²) >= 11 is 3.36. The fourth-order valence-electron chi connectivity index (χ4n) is 2.28. The molecule has 1 aromatic carbocycles. The van der Waals surface area contributed by atoms with Crippen LogP contribution in [0.25, 0.3) is 0 Å². The highest BCUT2D eigenvalue weighted by atomic mass is 79.9. The average molecular weight is 341 g/mol. The Morgan fingerprint density at radius 3 is 2.55 bits per heavy atom. The molecule has 0 spiro atoms. The van der Waals surface area contributed by atoms with Gasteiger partial charge in [-0.05, 0) is 28.1 Å². The van der Waals surface area contributed by atoms with Crippen molar-refractivity contribution >= 4 is 33.4 Å². The molecule has 3 N–H and O–H groups in total. The van der Waals surface area contributed by atoms with Crippen molar-refractivity contribution in [2.24, 2.45) is 0 Å². The lowest BCUT2D eigenvalue weighted by Crippen LogP contribution is -3.11. The lowest BCUT2D eigenvalue weighted by Gasteiger charge is -2.12. The van der Waals surface area contributed by atoms with Crippen molar-refractivity contribution in [3.8, 4) is 0 Å². The molecule has 0 aromatic heterocycles. The van der Waals surface area contributed by atoms with E-state index in [-0.39, 0.29) is 18.4 Å². The molecule has 2 rings (SSSR count). The van der Waals surface area contributed by atoms with Gasteiger partial charge in [-0.1, -0.05) is 12.1 Å². The molecule has 1 fully saturated rings. The van der Waals surface area contributed by atoms with Gasteiger partial charge in [0.1, 0.15) is 0 Å². The van der Waals surface area contributed by atoms with E-state index in [9.17, 15) is 9.59 Å². The SMILES string of the molecule is O=C(C[NH+]1CCCC1)NCC(=O)Nc1ccccc1Br. The number of hydrogen-bond donors (Lipinski definition) is 3. The van der Waals surface area contributed by atoms with E-state index in [4.69, 9.17) is 0 Å². The lowest BCUT2D eigenvalue weighted by atomic mass is 10.3. The van der Waals surface area contributed by atoms with Crippen LogP contribution in [0.3, 0.4) is 0 Å². The van der Waals surface area contributed by atoms with E-state index >= 15 is 0 Å². The Bertz CT molecular complexity index is 487. The molecule has 1 heterocycles. The number of carbonyl (C=O) groups excluding carboxylic acids is 2. The molecule has 0 unspecified atom stereocenters. The van der Waals surface area contributed by atoms with Crippen LogP contribution in [0.4, 0.5) is 5.69 Å². The van der Waals surface area contributed by atoms with Crippen LogP contribution in [0, 0.1) is 0 Å². The van der Waals surface area contributed by atoms with Crippen LogP contribution in [-0.2, 0) is 9.59 Å². The quantitative estimate of drug-likeness (QED) is 0.716. The second-order valence-corrected chi connectivity index (χ2v) is 5.79. The minimum absolute atomic E-state index is 0.00739. The van der Waals surface area contributed by atoms with Crippen LogP contribution in [-0.4, -0.2) is 38.0 Å². The van der Waals surface area contributed by atoms with E-state index < -0.39 is 0 Å². The van der Waals surface area contributed by atoms with E-state index in [1.54, 1.807) is 6.07 Å². The van der Waals surface area contributed by atoms with Crippen molar-refractivity contribution in [2.45, 2.75) is 12.8 Å². The number of nitrogens with one attached hydrogen (secondary N) is 3. The number of halogens is 1. The Labute approximate surface area is 126 Å². The van der Waals surface area contributed by atoms with Gasteiger partial charge >= 0.3 is 0 Å². The zero-order chi connectivity index (χ0) is 14.4. The maximum atomic E-state index is 11.8. The molecule has 20 heavy (non-hydrogen) atoms. The monoisotopic (exact) mass is 340 g/mol. The van der Waals surface area contributed by atoms with Gasteiger partial charge in [0.25, 0.3) is 5.91 Å². The topological polar surface area (TPSA) is 62.6 Å². The molecule has 1 saturated heterocycles. The molecular weight excluding hydrogens is 322 g/mol. The molecule has 0 bridgehead atoms. The number of hydrogen-bond acceptors (Lipinski definition) is 2. The Kier molecular flexibility index (Phi) is 5.55. The zero-order valence-electron chi connectivity index (χ0n) is 11.2. The molecule has 108 valence electrons. The van der Waals surface area contributed by atoms with Crippen LogP contribution < -0.4 is 15.5 Å². The molecule has 1 aromatic rings. The summed E-state index contributed by atoms with van der Waals surface area (Å²) < 4.78 is 0.821. The summed E-state index contributed by atoms with van der Waals surface area (Å²) in [5, 5.41) is 5.41. The number of para-hydroxylation sites is 1. The van der Waals surface area contributed by atoms with Gasteiger partial charge in [0, 0.05) is 17.3 Å². The number of likely N-dealkylation sites (tertiary alicyclic amines) is 1. The summed E-state index contributed by atoms with van der Waals surface area (Å²) in [6, 6.07) is 7.37. The predicted octanol–water partition coefficient (Wildman–Crippen LogP) is 0.183. The smallest absolute Gasteiger partial charge is 0.275 e. The first-order chi connectivity index (χ1) is 9.65. The van der Waals surface area contributed by atoms with Crippen molar-refractivity contribution in [2.75, 3.05) is 31.5 Å². The maximum Gasteiger partial charge on any atom is 0.275 e. The van der Waals surface area contributed by atoms with Crippen LogP contribution >= 0.6 is 15.9 Å². The van der Waals surface area contributed by atoms with Crippen molar-refractivity contribution in [3.05, 3.63) is 28.7 Å². The normalized spacial score (nSPS) is 15.1. The highest BCUT2D eigenvalue weighted by Crippen LogP contribution is 2.20. The van der Waals surface area contributed by atoms with Gasteiger partial charge in [0.05, 0.1) is 25.3 Å². The number of anilines is 1. The summed E-state index contributed by atoms with van der Waals surface area (Å²) in [6.07, 6.45) is 2.37. The first-order valence-corrected chi connectivity index (χ1v) is 7.59. The molecule has 1 aliphatic rings. The molecular formula is C14H19BrN3O2+. The van der Waals surface area contributed by atoms with Crippen LogP contribution in [0.5, 0.6) is 0 Å².